The molecule has 0 aliphatic heterocycles. The lowest BCUT2D eigenvalue weighted by Crippen LogP contribution is -2.08. The normalized spacial score (nSPS) is 10.1. The SMILES string of the molecule is COC(=O)CCC(=O)Cc1ccc(F)cc1C. The monoisotopic (exact) mass is 238 g/mol. The molecule has 92 valence electrons. The third kappa shape index (κ3) is 4.34. The summed E-state index contributed by atoms with van der Waals surface area (Å²) in [6.45, 7) is 1.76. The summed E-state index contributed by atoms with van der Waals surface area (Å²) in [4.78, 5) is 22.4. The van der Waals surface area contributed by atoms with Crippen LogP contribution >= 0.6 is 0 Å². The van der Waals surface area contributed by atoms with Crippen LogP contribution in [0.15, 0.2) is 18.2 Å². The van der Waals surface area contributed by atoms with Crippen molar-refractivity contribution in [2.45, 2.75) is 26.2 Å². The molecule has 3 nitrogen and oxygen atoms in total. The number of aryl methyl sites for hydroxylation is 1. The zero-order chi connectivity index (χ0) is 12.8. The average Bonchev–Trinajstić information content (AvgIpc) is 2.29. The molecule has 0 spiro atoms. The molecule has 0 unspecified atom stereocenters. The van der Waals surface area contributed by atoms with Gasteiger partial charge in [0.05, 0.1) is 13.5 Å². The Hall–Kier alpha value is -1.71. The second-order valence-corrected chi connectivity index (χ2v) is 3.86. The first-order chi connectivity index (χ1) is 8.02. The Morgan fingerprint density at radius 3 is 2.59 bits per heavy atom. The third-order valence-corrected chi connectivity index (χ3v) is 2.53. The van der Waals surface area contributed by atoms with Gasteiger partial charge in [0.2, 0.25) is 0 Å². The highest BCUT2D eigenvalue weighted by Crippen LogP contribution is 2.12. The molecule has 0 radical (unpaired) electrons. The molecule has 4 heteroatoms. The number of benzene rings is 1. The number of carbonyl (C=O) groups is 2. The van der Waals surface area contributed by atoms with Gasteiger partial charge in [0.1, 0.15) is 11.6 Å². The number of hydrogen-bond donors (Lipinski definition) is 0. The molecule has 0 aliphatic carbocycles. The van der Waals surface area contributed by atoms with Gasteiger partial charge in [-0.25, -0.2) is 4.39 Å². The third-order valence-electron chi connectivity index (χ3n) is 2.53. The van der Waals surface area contributed by atoms with E-state index in [1.807, 2.05) is 0 Å². The summed E-state index contributed by atoms with van der Waals surface area (Å²) in [7, 11) is 1.29. The maximum Gasteiger partial charge on any atom is 0.305 e. The predicted octanol–water partition coefficient (Wildman–Crippen LogP) is 2.20. The van der Waals surface area contributed by atoms with Crippen LogP contribution in [0.2, 0.25) is 0 Å². The summed E-state index contributed by atoms with van der Waals surface area (Å²) in [6.07, 6.45) is 0.474. The zero-order valence-corrected chi connectivity index (χ0v) is 9.96. The molecule has 0 N–H and O–H groups in total. The van der Waals surface area contributed by atoms with E-state index >= 15 is 0 Å². The molecule has 0 fully saturated rings. The van der Waals surface area contributed by atoms with Gasteiger partial charge in [0.15, 0.2) is 0 Å². The summed E-state index contributed by atoms with van der Waals surface area (Å²) in [5.74, 6) is -0.757. The molecule has 1 aromatic rings. The van der Waals surface area contributed by atoms with E-state index in [2.05, 4.69) is 4.74 Å². The van der Waals surface area contributed by atoms with E-state index in [0.717, 1.165) is 11.1 Å². The molecule has 17 heavy (non-hydrogen) atoms. The standard InChI is InChI=1S/C13H15FO3/c1-9-7-11(14)4-3-10(9)8-12(15)5-6-13(16)17-2/h3-4,7H,5-6,8H2,1-2H3. The second kappa shape index (κ2) is 6.13. The quantitative estimate of drug-likeness (QED) is 0.738. The minimum atomic E-state index is -0.394. The lowest BCUT2D eigenvalue weighted by atomic mass is 10.0. The Balaban J connectivity index is 2.53. The number of carbonyl (C=O) groups excluding carboxylic acids is 2. The van der Waals surface area contributed by atoms with E-state index < -0.39 is 5.97 Å². The van der Waals surface area contributed by atoms with Crippen LogP contribution in [0, 0.1) is 12.7 Å². The number of halogens is 1. The van der Waals surface area contributed by atoms with Gasteiger partial charge >= 0.3 is 5.97 Å². The summed E-state index contributed by atoms with van der Waals surface area (Å²) >= 11 is 0. The molecular weight excluding hydrogens is 223 g/mol. The fraction of sp³-hybridized carbons (Fsp3) is 0.385. The number of hydrogen-bond acceptors (Lipinski definition) is 3. The molecule has 0 atom stereocenters. The van der Waals surface area contributed by atoms with Gasteiger partial charge in [-0.2, -0.15) is 0 Å². The van der Waals surface area contributed by atoms with Gasteiger partial charge in [-0.1, -0.05) is 6.07 Å². The highest BCUT2D eigenvalue weighted by molar-refractivity contribution is 5.84. The molecule has 0 saturated heterocycles. The molecule has 0 bridgehead atoms. The van der Waals surface area contributed by atoms with Crippen LogP contribution in [0.4, 0.5) is 4.39 Å². The number of methoxy groups -OCH3 is 1. The zero-order valence-electron chi connectivity index (χ0n) is 9.96. The maximum atomic E-state index is 12.8. The lowest BCUT2D eigenvalue weighted by Gasteiger charge is -2.05. The summed E-state index contributed by atoms with van der Waals surface area (Å²) < 4.78 is 17.3. The largest absolute Gasteiger partial charge is 0.469 e. The average molecular weight is 238 g/mol. The van der Waals surface area contributed by atoms with Gasteiger partial charge in [-0.05, 0) is 30.2 Å². The van der Waals surface area contributed by atoms with E-state index in [4.69, 9.17) is 0 Å². The number of ketones is 1. The first-order valence-electron chi connectivity index (χ1n) is 5.36. The molecule has 0 aromatic heterocycles. The molecular formula is C13H15FO3. The van der Waals surface area contributed by atoms with Crippen LogP contribution in [0.25, 0.3) is 0 Å². The van der Waals surface area contributed by atoms with Gasteiger partial charge in [-0.3, -0.25) is 9.59 Å². The van der Waals surface area contributed by atoms with E-state index in [9.17, 15) is 14.0 Å². The van der Waals surface area contributed by atoms with Gasteiger partial charge < -0.3 is 4.74 Å². The van der Waals surface area contributed by atoms with Crippen LogP contribution in [0.3, 0.4) is 0 Å². The lowest BCUT2D eigenvalue weighted by molar-refractivity contribution is -0.141. The molecule has 0 saturated carbocycles. The topological polar surface area (TPSA) is 43.4 Å². The fourth-order valence-electron chi connectivity index (χ4n) is 1.50. The van der Waals surface area contributed by atoms with Crippen molar-refractivity contribution in [2.24, 2.45) is 0 Å². The van der Waals surface area contributed by atoms with E-state index in [1.54, 1.807) is 13.0 Å². The van der Waals surface area contributed by atoms with Crippen molar-refractivity contribution in [1.82, 2.24) is 0 Å². The van der Waals surface area contributed by atoms with Gasteiger partial charge in [0.25, 0.3) is 0 Å². The predicted molar refractivity (Wildman–Crippen MR) is 61.1 cm³/mol. The van der Waals surface area contributed by atoms with Crippen molar-refractivity contribution < 1.29 is 18.7 Å². The number of rotatable bonds is 5. The Labute approximate surface area is 99.6 Å². The Kier molecular flexibility index (Phi) is 4.82. The maximum absolute atomic E-state index is 12.8. The Bertz CT molecular complexity index is 427. The Morgan fingerprint density at radius 2 is 2.00 bits per heavy atom. The van der Waals surface area contributed by atoms with Crippen molar-refractivity contribution in [1.29, 1.82) is 0 Å². The second-order valence-electron chi connectivity index (χ2n) is 3.86. The van der Waals surface area contributed by atoms with Crippen LogP contribution in [-0.4, -0.2) is 18.9 Å². The first-order valence-corrected chi connectivity index (χ1v) is 5.36. The first kappa shape index (κ1) is 13.4. The molecule has 1 rings (SSSR count). The molecule has 1 aromatic carbocycles. The minimum Gasteiger partial charge on any atom is -0.469 e. The highest BCUT2D eigenvalue weighted by atomic mass is 19.1. The van der Waals surface area contributed by atoms with Crippen molar-refractivity contribution in [2.75, 3.05) is 7.11 Å². The van der Waals surface area contributed by atoms with Crippen LogP contribution < -0.4 is 0 Å². The van der Waals surface area contributed by atoms with Crippen LogP contribution in [0.5, 0.6) is 0 Å². The summed E-state index contributed by atoms with van der Waals surface area (Å²) in [5.41, 5.74) is 1.54. The smallest absolute Gasteiger partial charge is 0.305 e. The van der Waals surface area contributed by atoms with E-state index in [0.29, 0.717) is 0 Å². The number of Topliss-reactive ketones (excluding diaryl/α,β-unsaturated/α-hetero) is 1. The highest BCUT2D eigenvalue weighted by Gasteiger charge is 2.09. The molecule has 0 amide bonds. The summed E-state index contributed by atoms with van der Waals surface area (Å²) in [6, 6.07) is 4.32. The van der Waals surface area contributed by atoms with Crippen molar-refractivity contribution >= 4 is 11.8 Å². The minimum absolute atomic E-state index is 0.0508. The fourth-order valence-corrected chi connectivity index (χ4v) is 1.50. The van der Waals surface area contributed by atoms with Crippen LogP contribution in [0.1, 0.15) is 24.0 Å². The van der Waals surface area contributed by atoms with E-state index in [-0.39, 0.29) is 30.9 Å². The van der Waals surface area contributed by atoms with E-state index in [1.165, 1.54) is 19.2 Å². The number of ether oxygens (including phenoxy) is 1. The van der Waals surface area contributed by atoms with Gasteiger partial charge in [-0.15, -0.1) is 0 Å². The van der Waals surface area contributed by atoms with Crippen molar-refractivity contribution in [3.63, 3.8) is 0 Å². The molecule has 0 aliphatic rings. The Morgan fingerprint density at radius 1 is 1.29 bits per heavy atom. The van der Waals surface area contributed by atoms with Crippen molar-refractivity contribution in [3.05, 3.63) is 35.1 Å². The molecule has 0 heterocycles. The summed E-state index contributed by atoms with van der Waals surface area (Å²) in [5, 5.41) is 0. The van der Waals surface area contributed by atoms with Crippen LogP contribution in [-0.2, 0) is 20.7 Å². The van der Waals surface area contributed by atoms with Gasteiger partial charge in [0, 0.05) is 12.8 Å². The van der Waals surface area contributed by atoms with Crippen molar-refractivity contribution in [3.8, 4) is 0 Å². The number of esters is 1.